The number of aryl methyl sites for hydroxylation is 3. The molecule has 0 spiro atoms. The summed E-state index contributed by atoms with van der Waals surface area (Å²) in [5.41, 5.74) is 5.98. The predicted octanol–water partition coefficient (Wildman–Crippen LogP) is 3.62. The third kappa shape index (κ3) is 3.53. The molecule has 1 atom stereocenters. The lowest BCUT2D eigenvalue weighted by molar-refractivity contribution is -0.139. The van der Waals surface area contributed by atoms with Crippen molar-refractivity contribution < 1.29 is 14.7 Å². The van der Waals surface area contributed by atoms with Crippen molar-refractivity contribution in [3.63, 3.8) is 0 Å². The van der Waals surface area contributed by atoms with Crippen molar-refractivity contribution in [3.8, 4) is 5.69 Å². The predicted molar refractivity (Wildman–Crippen MR) is 109 cm³/mol. The highest BCUT2D eigenvalue weighted by molar-refractivity contribution is 5.93. The fourth-order valence-electron chi connectivity index (χ4n) is 4.05. The summed E-state index contributed by atoms with van der Waals surface area (Å²) in [6.45, 7) is 6.49. The second-order valence-electron chi connectivity index (χ2n) is 7.70. The molecule has 0 fully saturated rings. The number of carboxylic acid groups (broad SMARTS) is 1. The third-order valence-electron chi connectivity index (χ3n) is 5.34. The number of amides is 1. The van der Waals surface area contributed by atoms with E-state index in [9.17, 15) is 14.7 Å². The molecule has 1 amide bonds. The number of hydrogen-bond acceptors (Lipinski definition) is 3. The van der Waals surface area contributed by atoms with Crippen LogP contribution in [0.4, 0.5) is 0 Å². The number of nitrogens with zero attached hydrogens (tertiary/aromatic N) is 3. The quantitative estimate of drug-likeness (QED) is 0.742. The van der Waals surface area contributed by atoms with Crippen molar-refractivity contribution in [1.82, 2.24) is 14.7 Å². The van der Waals surface area contributed by atoms with Gasteiger partial charge in [0.05, 0.1) is 11.6 Å². The summed E-state index contributed by atoms with van der Waals surface area (Å²) in [6.07, 6.45) is 0. The normalized spacial score (nSPS) is 15.8. The highest BCUT2D eigenvalue weighted by Gasteiger charge is 2.33. The van der Waals surface area contributed by atoms with Crippen LogP contribution in [0.3, 0.4) is 0 Å². The summed E-state index contributed by atoms with van der Waals surface area (Å²) in [5, 5.41) is 14.2. The maximum atomic E-state index is 13.2. The van der Waals surface area contributed by atoms with E-state index in [2.05, 4.69) is 11.2 Å². The average Bonchev–Trinajstić information content (AvgIpc) is 3.07. The molecule has 1 unspecified atom stereocenters. The van der Waals surface area contributed by atoms with Crippen LogP contribution in [0, 0.1) is 20.8 Å². The maximum absolute atomic E-state index is 13.2. The van der Waals surface area contributed by atoms with E-state index in [0.29, 0.717) is 12.2 Å². The zero-order chi connectivity index (χ0) is 20.7. The van der Waals surface area contributed by atoms with Crippen LogP contribution >= 0.6 is 0 Å². The van der Waals surface area contributed by atoms with E-state index >= 15 is 0 Å². The molecule has 1 N–H and O–H groups in total. The standard InChI is InChI=1S/C23H23N3O3/c1-14-8-15(2)10-18(9-14)26-16(3)11-21(24-26)22(27)25-12-17-6-4-5-7-19(17)20(13-25)23(28)29/h4-11,20H,12-13H2,1-3H3,(H,28,29). The van der Waals surface area contributed by atoms with Gasteiger partial charge in [0.2, 0.25) is 0 Å². The van der Waals surface area contributed by atoms with Gasteiger partial charge in [0.1, 0.15) is 0 Å². The van der Waals surface area contributed by atoms with Gasteiger partial charge in [0, 0.05) is 18.8 Å². The van der Waals surface area contributed by atoms with E-state index in [1.54, 1.807) is 15.6 Å². The Bertz CT molecular complexity index is 1100. The molecule has 0 bridgehead atoms. The van der Waals surface area contributed by atoms with Gasteiger partial charge in [-0.05, 0) is 61.2 Å². The van der Waals surface area contributed by atoms with Gasteiger partial charge in [-0.2, -0.15) is 5.10 Å². The van der Waals surface area contributed by atoms with Gasteiger partial charge in [-0.25, -0.2) is 4.68 Å². The first kappa shape index (κ1) is 18.9. The molecule has 1 aliphatic heterocycles. The molecule has 3 aromatic rings. The van der Waals surface area contributed by atoms with Gasteiger partial charge in [-0.15, -0.1) is 0 Å². The van der Waals surface area contributed by atoms with E-state index < -0.39 is 11.9 Å². The molecular formula is C23H23N3O3. The number of aromatic nitrogens is 2. The lowest BCUT2D eigenvalue weighted by atomic mass is 9.89. The molecule has 148 valence electrons. The summed E-state index contributed by atoms with van der Waals surface area (Å²) in [5.74, 6) is -1.91. The number of fused-ring (bicyclic) bond motifs is 1. The first-order valence-electron chi connectivity index (χ1n) is 9.58. The Morgan fingerprint density at radius 2 is 1.72 bits per heavy atom. The summed E-state index contributed by atoms with van der Waals surface area (Å²) in [6, 6.07) is 15.3. The van der Waals surface area contributed by atoms with Crippen molar-refractivity contribution in [2.45, 2.75) is 33.2 Å². The maximum Gasteiger partial charge on any atom is 0.312 e. The van der Waals surface area contributed by atoms with Gasteiger partial charge in [-0.1, -0.05) is 30.3 Å². The second-order valence-corrected chi connectivity index (χ2v) is 7.70. The van der Waals surface area contributed by atoms with E-state index in [1.807, 2.05) is 57.2 Å². The van der Waals surface area contributed by atoms with Crippen molar-refractivity contribution in [3.05, 3.63) is 82.2 Å². The Morgan fingerprint density at radius 3 is 2.41 bits per heavy atom. The highest BCUT2D eigenvalue weighted by atomic mass is 16.4. The van der Waals surface area contributed by atoms with Crippen LogP contribution in [-0.2, 0) is 11.3 Å². The Morgan fingerprint density at radius 1 is 1.03 bits per heavy atom. The van der Waals surface area contributed by atoms with Crippen LogP contribution in [0.15, 0.2) is 48.5 Å². The third-order valence-corrected chi connectivity index (χ3v) is 5.34. The molecule has 1 aromatic heterocycles. The summed E-state index contributed by atoms with van der Waals surface area (Å²) < 4.78 is 1.76. The SMILES string of the molecule is Cc1cc(C)cc(-n2nc(C(=O)N3Cc4ccccc4C(C(=O)O)C3)cc2C)c1. The minimum absolute atomic E-state index is 0.140. The summed E-state index contributed by atoms with van der Waals surface area (Å²) >= 11 is 0. The number of carboxylic acids is 1. The van der Waals surface area contributed by atoms with E-state index in [1.165, 1.54) is 0 Å². The first-order valence-corrected chi connectivity index (χ1v) is 9.58. The number of aliphatic carboxylic acids is 1. The van der Waals surface area contributed by atoms with Crippen LogP contribution in [0.25, 0.3) is 5.69 Å². The van der Waals surface area contributed by atoms with Crippen LogP contribution in [0.5, 0.6) is 0 Å². The molecule has 0 aliphatic carbocycles. The Kier molecular flexibility index (Phi) is 4.70. The van der Waals surface area contributed by atoms with Gasteiger partial charge < -0.3 is 10.0 Å². The molecule has 2 heterocycles. The monoisotopic (exact) mass is 389 g/mol. The molecular weight excluding hydrogens is 366 g/mol. The van der Waals surface area contributed by atoms with E-state index in [-0.39, 0.29) is 12.5 Å². The van der Waals surface area contributed by atoms with Gasteiger partial charge in [0.25, 0.3) is 5.91 Å². The largest absolute Gasteiger partial charge is 0.481 e. The van der Waals surface area contributed by atoms with Gasteiger partial charge in [0.15, 0.2) is 5.69 Å². The summed E-state index contributed by atoms with van der Waals surface area (Å²) in [4.78, 5) is 26.5. The smallest absolute Gasteiger partial charge is 0.312 e. The summed E-state index contributed by atoms with van der Waals surface area (Å²) in [7, 11) is 0. The van der Waals surface area contributed by atoms with Crippen molar-refractivity contribution in [1.29, 1.82) is 0 Å². The van der Waals surface area contributed by atoms with E-state index in [0.717, 1.165) is 33.6 Å². The van der Waals surface area contributed by atoms with Gasteiger partial charge >= 0.3 is 5.97 Å². The molecule has 2 aromatic carbocycles. The van der Waals surface area contributed by atoms with Gasteiger partial charge in [-0.3, -0.25) is 9.59 Å². The van der Waals surface area contributed by atoms with Crippen LogP contribution in [-0.4, -0.2) is 38.2 Å². The molecule has 0 saturated heterocycles. The Labute approximate surface area is 169 Å². The van der Waals surface area contributed by atoms with Crippen LogP contribution in [0.2, 0.25) is 0 Å². The second kappa shape index (κ2) is 7.20. The number of rotatable bonds is 3. The molecule has 0 saturated carbocycles. The molecule has 29 heavy (non-hydrogen) atoms. The van der Waals surface area contributed by atoms with Crippen LogP contribution in [0.1, 0.15) is 44.4 Å². The fraction of sp³-hybridized carbons (Fsp3) is 0.261. The highest BCUT2D eigenvalue weighted by Crippen LogP contribution is 2.29. The minimum Gasteiger partial charge on any atom is -0.481 e. The molecule has 4 rings (SSSR count). The number of benzene rings is 2. The Hall–Kier alpha value is -3.41. The number of carbonyl (C=O) groups excluding carboxylic acids is 1. The van der Waals surface area contributed by atoms with Crippen molar-refractivity contribution in [2.75, 3.05) is 6.54 Å². The zero-order valence-electron chi connectivity index (χ0n) is 16.7. The fourth-order valence-corrected chi connectivity index (χ4v) is 4.05. The average molecular weight is 389 g/mol. The molecule has 1 aliphatic rings. The molecule has 0 radical (unpaired) electrons. The van der Waals surface area contributed by atoms with Crippen LogP contribution < -0.4 is 0 Å². The Balaban J connectivity index is 1.66. The minimum atomic E-state index is -0.924. The van der Waals surface area contributed by atoms with Crippen molar-refractivity contribution >= 4 is 11.9 Å². The number of hydrogen-bond donors (Lipinski definition) is 1. The zero-order valence-corrected chi connectivity index (χ0v) is 16.7. The molecule has 6 heteroatoms. The van der Waals surface area contributed by atoms with Crippen molar-refractivity contribution in [2.24, 2.45) is 0 Å². The lowest BCUT2D eigenvalue weighted by Gasteiger charge is -2.32. The number of carbonyl (C=O) groups is 2. The first-order chi connectivity index (χ1) is 13.8. The molecule has 6 nitrogen and oxygen atoms in total. The van der Waals surface area contributed by atoms with E-state index in [4.69, 9.17) is 0 Å². The lowest BCUT2D eigenvalue weighted by Crippen LogP contribution is -2.40. The topological polar surface area (TPSA) is 75.4 Å².